The lowest BCUT2D eigenvalue weighted by atomic mass is 10.1. The molecule has 0 aliphatic carbocycles. The maximum Gasteiger partial charge on any atom is 0.130 e. The van der Waals surface area contributed by atoms with Gasteiger partial charge in [-0.15, -0.1) is 0 Å². The molecule has 2 nitrogen and oxygen atoms in total. The highest BCUT2D eigenvalue weighted by molar-refractivity contribution is 5.25. The maximum absolute atomic E-state index is 13.5. The molecule has 1 aromatic carbocycles. The first-order valence-electron chi connectivity index (χ1n) is 6.86. The van der Waals surface area contributed by atoms with Gasteiger partial charge >= 0.3 is 0 Å². The Morgan fingerprint density at radius 3 is 2.42 bits per heavy atom. The fourth-order valence-corrected chi connectivity index (χ4v) is 1.80. The fourth-order valence-electron chi connectivity index (χ4n) is 1.80. The van der Waals surface area contributed by atoms with Crippen molar-refractivity contribution < 1.29 is 8.78 Å². The Morgan fingerprint density at radius 1 is 1.05 bits per heavy atom. The van der Waals surface area contributed by atoms with Crippen molar-refractivity contribution in [2.45, 2.75) is 33.7 Å². The lowest BCUT2D eigenvalue weighted by molar-refractivity contribution is 0.523. The highest BCUT2D eigenvalue weighted by Gasteiger charge is 2.06. The number of aryl methyl sites for hydroxylation is 1. The summed E-state index contributed by atoms with van der Waals surface area (Å²) in [6.45, 7) is 9.23. The Morgan fingerprint density at radius 2 is 1.74 bits per heavy atom. The normalized spacial score (nSPS) is 11.3. The quantitative estimate of drug-likeness (QED) is 0.710. The molecule has 0 saturated carbocycles. The van der Waals surface area contributed by atoms with Crippen molar-refractivity contribution in [2.75, 3.05) is 19.6 Å². The highest BCUT2D eigenvalue weighted by Crippen LogP contribution is 2.13. The van der Waals surface area contributed by atoms with E-state index in [1.807, 2.05) is 0 Å². The first-order valence-corrected chi connectivity index (χ1v) is 6.86. The highest BCUT2D eigenvalue weighted by atomic mass is 19.1. The summed E-state index contributed by atoms with van der Waals surface area (Å²) in [4.78, 5) is 0. The summed E-state index contributed by atoms with van der Waals surface area (Å²) in [7, 11) is 0. The summed E-state index contributed by atoms with van der Waals surface area (Å²) in [6.07, 6.45) is 0.995. The summed E-state index contributed by atoms with van der Waals surface area (Å²) in [5.41, 5.74) is 1.01. The average Bonchev–Trinajstić information content (AvgIpc) is 2.33. The molecule has 0 aliphatic rings. The van der Waals surface area contributed by atoms with E-state index in [1.165, 1.54) is 0 Å². The number of nitrogens with one attached hydrogen (secondary N) is 2. The topological polar surface area (TPSA) is 24.1 Å². The van der Waals surface area contributed by atoms with Crippen LogP contribution in [-0.4, -0.2) is 19.6 Å². The molecule has 108 valence electrons. The summed E-state index contributed by atoms with van der Waals surface area (Å²) < 4.78 is 26.5. The van der Waals surface area contributed by atoms with E-state index in [1.54, 1.807) is 13.0 Å². The molecule has 0 aromatic heterocycles. The zero-order valence-electron chi connectivity index (χ0n) is 12.0. The van der Waals surface area contributed by atoms with Crippen LogP contribution in [0.5, 0.6) is 0 Å². The van der Waals surface area contributed by atoms with Crippen LogP contribution in [0.3, 0.4) is 0 Å². The Bertz CT molecular complexity index is 392. The van der Waals surface area contributed by atoms with Crippen LogP contribution in [0.25, 0.3) is 0 Å². The van der Waals surface area contributed by atoms with Crippen molar-refractivity contribution in [1.82, 2.24) is 10.6 Å². The lowest BCUT2D eigenvalue weighted by Crippen LogP contribution is -2.24. The number of halogens is 2. The van der Waals surface area contributed by atoms with E-state index in [4.69, 9.17) is 0 Å². The molecule has 4 heteroatoms. The molecule has 19 heavy (non-hydrogen) atoms. The summed E-state index contributed by atoms with van der Waals surface area (Å²) >= 11 is 0. The third-order valence-electron chi connectivity index (χ3n) is 2.90. The summed E-state index contributed by atoms with van der Waals surface area (Å²) in [6, 6.07) is 2.52. The molecule has 1 rings (SSSR count). The second kappa shape index (κ2) is 8.23. The van der Waals surface area contributed by atoms with Gasteiger partial charge < -0.3 is 10.6 Å². The molecular formula is C15H24F2N2. The molecule has 0 fully saturated rings. The van der Waals surface area contributed by atoms with Crippen molar-refractivity contribution in [1.29, 1.82) is 0 Å². The van der Waals surface area contributed by atoms with E-state index in [0.29, 0.717) is 23.6 Å². The SMILES string of the molecule is Cc1cc(CNCCCNCC(C)C)c(F)cc1F. The van der Waals surface area contributed by atoms with Crippen LogP contribution in [0.15, 0.2) is 12.1 Å². The van der Waals surface area contributed by atoms with Crippen molar-refractivity contribution in [3.8, 4) is 0 Å². The van der Waals surface area contributed by atoms with Gasteiger partial charge in [0.25, 0.3) is 0 Å². The van der Waals surface area contributed by atoms with Gasteiger partial charge in [-0.05, 0) is 50.5 Å². The van der Waals surface area contributed by atoms with E-state index >= 15 is 0 Å². The Balaban J connectivity index is 2.21. The third-order valence-corrected chi connectivity index (χ3v) is 2.90. The van der Waals surface area contributed by atoms with Gasteiger partial charge in [-0.2, -0.15) is 0 Å². The van der Waals surface area contributed by atoms with Gasteiger partial charge in [0.15, 0.2) is 0 Å². The largest absolute Gasteiger partial charge is 0.316 e. The van der Waals surface area contributed by atoms with Gasteiger partial charge in [-0.3, -0.25) is 0 Å². The number of benzene rings is 1. The standard InChI is InChI=1S/C15H24F2N2/c1-11(2)9-18-5-4-6-19-10-13-7-12(3)14(16)8-15(13)17/h7-8,11,18-19H,4-6,9-10H2,1-3H3. The van der Waals surface area contributed by atoms with Crippen LogP contribution < -0.4 is 10.6 Å². The second-order valence-corrected chi connectivity index (χ2v) is 5.32. The first kappa shape index (κ1) is 16.1. The molecule has 0 atom stereocenters. The molecule has 1 aromatic rings. The number of hydrogen-bond donors (Lipinski definition) is 2. The molecule has 0 heterocycles. The van der Waals surface area contributed by atoms with Gasteiger partial charge in [0.05, 0.1) is 0 Å². The Kier molecular flexibility index (Phi) is 6.95. The number of rotatable bonds is 8. The van der Waals surface area contributed by atoms with Gasteiger partial charge in [0.2, 0.25) is 0 Å². The van der Waals surface area contributed by atoms with Crippen LogP contribution >= 0.6 is 0 Å². The van der Waals surface area contributed by atoms with E-state index in [9.17, 15) is 8.78 Å². The van der Waals surface area contributed by atoms with Gasteiger partial charge in [-0.25, -0.2) is 8.78 Å². The van der Waals surface area contributed by atoms with E-state index in [-0.39, 0.29) is 0 Å². The smallest absolute Gasteiger partial charge is 0.130 e. The minimum absolute atomic E-state index is 0.442. The molecule has 0 unspecified atom stereocenters. The number of hydrogen-bond acceptors (Lipinski definition) is 2. The van der Waals surface area contributed by atoms with Crippen molar-refractivity contribution >= 4 is 0 Å². The van der Waals surface area contributed by atoms with Crippen molar-refractivity contribution in [2.24, 2.45) is 5.92 Å². The van der Waals surface area contributed by atoms with Crippen LogP contribution in [0.2, 0.25) is 0 Å². The van der Waals surface area contributed by atoms with Gasteiger partial charge in [0.1, 0.15) is 11.6 Å². The maximum atomic E-state index is 13.5. The molecule has 0 amide bonds. The molecule has 0 aliphatic heterocycles. The predicted molar refractivity (Wildman–Crippen MR) is 75.1 cm³/mol. The zero-order valence-corrected chi connectivity index (χ0v) is 12.0. The van der Waals surface area contributed by atoms with Crippen LogP contribution in [0, 0.1) is 24.5 Å². The lowest BCUT2D eigenvalue weighted by Gasteiger charge is -2.09. The van der Waals surface area contributed by atoms with Gasteiger partial charge in [0, 0.05) is 18.2 Å². The third kappa shape index (κ3) is 6.12. The monoisotopic (exact) mass is 270 g/mol. The average molecular weight is 270 g/mol. The summed E-state index contributed by atoms with van der Waals surface area (Å²) in [5.74, 6) is -0.308. The minimum atomic E-state index is -0.487. The van der Waals surface area contributed by atoms with Gasteiger partial charge in [-0.1, -0.05) is 13.8 Å². The Hall–Kier alpha value is -1.00. The first-order chi connectivity index (χ1) is 9.00. The molecule has 0 saturated heterocycles. The van der Waals surface area contributed by atoms with Crippen LogP contribution in [-0.2, 0) is 6.54 Å². The van der Waals surface area contributed by atoms with Crippen LogP contribution in [0.1, 0.15) is 31.4 Å². The zero-order chi connectivity index (χ0) is 14.3. The molecular weight excluding hydrogens is 246 g/mol. The molecule has 0 bridgehead atoms. The van der Waals surface area contributed by atoms with E-state index in [0.717, 1.165) is 32.1 Å². The second-order valence-electron chi connectivity index (χ2n) is 5.32. The molecule has 2 N–H and O–H groups in total. The summed E-state index contributed by atoms with van der Waals surface area (Å²) in [5, 5.41) is 6.52. The fraction of sp³-hybridized carbons (Fsp3) is 0.600. The van der Waals surface area contributed by atoms with E-state index < -0.39 is 11.6 Å². The predicted octanol–water partition coefficient (Wildman–Crippen LogP) is 3.00. The van der Waals surface area contributed by atoms with Crippen molar-refractivity contribution in [3.05, 3.63) is 34.9 Å². The van der Waals surface area contributed by atoms with Crippen LogP contribution in [0.4, 0.5) is 8.78 Å². The minimum Gasteiger partial charge on any atom is -0.316 e. The Labute approximate surface area is 114 Å². The molecule has 0 spiro atoms. The van der Waals surface area contributed by atoms with E-state index in [2.05, 4.69) is 24.5 Å². The molecule has 0 radical (unpaired) electrons. The van der Waals surface area contributed by atoms with Crippen molar-refractivity contribution in [3.63, 3.8) is 0 Å².